The second-order valence-electron chi connectivity index (χ2n) is 8.74. The highest BCUT2D eigenvalue weighted by Crippen LogP contribution is 2.39. The minimum absolute atomic E-state index is 0.0699. The van der Waals surface area contributed by atoms with E-state index in [2.05, 4.69) is 25.5 Å². The number of alkyl halides is 3. The molecule has 0 aliphatic carbocycles. The first-order valence-corrected chi connectivity index (χ1v) is 12.2. The van der Waals surface area contributed by atoms with E-state index in [1.54, 1.807) is 12.1 Å². The second kappa shape index (κ2) is 10.8. The second-order valence-corrected chi connectivity index (χ2v) is 8.74. The number of nitrogens with one attached hydrogen (secondary N) is 1. The van der Waals surface area contributed by atoms with Gasteiger partial charge in [0.2, 0.25) is 0 Å². The molecule has 0 saturated carbocycles. The van der Waals surface area contributed by atoms with Gasteiger partial charge >= 0.3 is 6.18 Å². The summed E-state index contributed by atoms with van der Waals surface area (Å²) >= 11 is 0. The zero-order valence-electron chi connectivity index (χ0n) is 21.2. The Morgan fingerprint density at radius 1 is 1.07 bits per heavy atom. The fourth-order valence-corrected chi connectivity index (χ4v) is 4.09. The molecule has 0 spiro atoms. The van der Waals surface area contributed by atoms with Gasteiger partial charge in [-0.25, -0.2) is 14.4 Å². The Morgan fingerprint density at radius 2 is 1.85 bits per heavy atom. The highest BCUT2D eigenvalue weighted by molar-refractivity contribution is 5.83. The summed E-state index contributed by atoms with van der Waals surface area (Å²) < 4.78 is 68.0. The highest BCUT2D eigenvalue weighted by Gasteiger charge is 2.36. The first kappa shape index (κ1) is 26.8. The van der Waals surface area contributed by atoms with Crippen LogP contribution < -0.4 is 10.1 Å². The number of carbonyl (C=O) groups is 1. The summed E-state index contributed by atoms with van der Waals surface area (Å²) in [6.07, 6.45) is -1.31. The summed E-state index contributed by atoms with van der Waals surface area (Å²) in [5.74, 6) is -0.938. The van der Waals surface area contributed by atoms with Gasteiger partial charge in [-0.1, -0.05) is 24.2 Å². The topological polar surface area (TPSA) is 108 Å². The van der Waals surface area contributed by atoms with E-state index in [0.717, 1.165) is 6.07 Å². The number of fused-ring (bicyclic) bond motifs is 1. The molecule has 1 aromatic heterocycles. The molecule has 2 aliphatic heterocycles. The standard InChI is InChI=1S/C27H22F4N6O3/c1-3-10-39-15-8-9-16(18(11-15)27(29,30)31)20-12-23(40-36-20)24(26(38)32-2)37-14-22-21(13-33-37)34-25(35-22)17-6-4-5-7-19(17)28/h4-9,11-14,24H,3,10H2,1-2H3,(H,32,38). The third-order valence-corrected chi connectivity index (χ3v) is 6.00. The van der Waals surface area contributed by atoms with Gasteiger partial charge in [-0.2, -0.15) is 18.3 Å². The molecule has 2 aliphatic rings. The van der Waals surface area contributed by atoms with Crippen LogP contribution in [0.4, 0.5) is 17.6 Å². The van der Waals surface area contributed by atoms with Gasteiger partial charge in [-0.05, 0) is 36.8 Å². The van der Waals surface area contributed by atoms with E-state index >= 15 is 0 Å². The number of nitrogens with zero attached hydrogens (tertiary/aromatic N) is 5. The lowest BCUT2D eigenvalue weighted by Crippen LogP contribution is -2.31. The van der Waals surface area contributed by atoms with Crippen molar-refractivity contribution in [1.82, 2.24) is 30.2 Å². The van der Waals surface area contributed by atoms with E-state index in [4.69, 9.17) is 9.26 Å². The molecule has 0 bridgehead atoms. The third kappa shape index (κ3) is 5.22. The number of carbonyl (C=O) groups excluding carboxylic acids is 1. The number of hydrogen-bond acceptors (Lipinski definition) is 7. The van der Waals surface area contributed by atoms with Crippen molar-refractivity contribution in [2.75, 3.05) is 13.7 Å². The van der Waals surface area contributed by atoms with Crippen LogP contribution in [0, 0.1) is 5.82 Å². The molecule has 1 unspecified atom stereocenters. The van der Waals surface area contributed by atoms with Gasteiger partial charge < -0.3 is 14.6 Å². The average molecular weight is 555 g/mol. The van der Waals surface area contributed by atoms with Crippen molar-refractivity contribution in [3.8, 4) is 39.8 Å². The lowest BCUT2D eigenvalue weighted by atomic mass is 10.0. The molecule has 1 atom stereocenters. The van der Waals surface area contributed by atoms with Crippen LogP contribution in [0.5, 0.6) is 5.75 Å². The van der Waals surface area contributed by atoms with Crippen molar-refractivity contribution in [3.63, 3.8) is 0 Å². The van der Waals surface area contributed by atoms with Crippen molar-refractivity contribution in [2.45, 2.75) is 25.6 Å². The Bertz CT molecular complexity index is 1630. The van der Waals surface area contributed by atoms with Gasteiger partial charge in [0.25, 0.3) is 5.91 Å². The van der Waals surface area contributed by atoms with E-state index in [1.807, 2.05) is 6.92 Å². The molecular weight excluding hydrogens is 532 g/mol. The van der Waals surface area contributed by atoms with E-state index in [9.17, 15) is 22.4 Å². The maximum Gasteiger partial charge on any atom is 0.417 e. The van der Waals surface area contributed by atoms with Crippen LogP contribution in [0.1, 0.15) is 30.7 Å². The Labute approximate surface area is 225 Å². The van der Waals surface area contributed by atoms with Crippen molar-refractivity contribution < 1.29 is 31.6 Å². The number of halogens is 4. The van der Waals surface area contributed by atoms with Gasteiger partial charge in [0.1, 0.15) is 28.6 Å². The van der Waals surface area contributed by atoms with Crippen LogP contribution in [0.3, 0.4) is 0 Å². The molecule has 1 N–H and O–H groups in total. The summed E-state index contributed by atoms with van der Waals surface area (Å²) in [5.41, 5.74) is -0.480. The molecule has 13 heteroatoms. The smallest absolute Gasteiger partial charge is 0.417 e. The lowest BCUT2D eigenvalue weighted by molar-refractivity contribution is -0.137. The number of rotatable bonds is 8. The predicted molar refractivity (Wildman–Crippen MR) is 135 cm³/mol. The number of imidazole rings is 1. The molecule has 3 aromatic rings. The zero-order valence-corrected chi connectivity index (χ0v) is 21.2. The number of benzene rings is 2. The summed E-state index contributed by atoms with van der Waals surface area (Å²) in [4.78, 5) is 21.6. The van der Waals surface area contributed by atoms with Gasteiger partial charge in [0.05, 0.1) is 30.1 Å². The lowest BCUT2D eigenvalue weighted by Gasteiger charge is -2.15. The number of likely N-dealkylation sites (N-methyl/N-ethyl adjacent to an activating group) is 1. The minimum atomic E-state index is -4.70. The Balaban J connectivity index is 1.53. The monoisotopic (exact) mass is 554 g/mol. The fourth-order valence-electron chi connectivity index (χ4n) is 4.09. The normalized spacial score (nSPS) is 12.4. The average Bonchev–Trinajstić information content (AvgIpc) is 3.59. The fraction of sp³-hybridized carbons (Fsp3) is 0.222. The molecule has 1 amide bonds. The number of hydrogen-bond donors (Lipinski definition) is 1. The number of amides is 1. The first-order valence-electron chi connectivity index (χ1n) is 12.2. The van der Waals surface area contributed by atoms with E-state index in [0.29, 0.717) is 17.8 Å². The van der Waals surface area contributed by atoms with Crippen LogP contribution >= 0.6 is 0 Å². The first-order chi connectivity index (χ1) is 19.2. The van der Waals surface area contributed by atoms with Crippen LogP contribution in [0.25, 0.3) is 34.0 Å². The number of ether oxygens (including phenoxy) is 1. The van der Waals surface area contributed by atoms with Crippen LogP contribution in [-0.4, -0.2) is 44.5 Å². The molecule has 0 fully saturated rings. The molecule has 0 saturated heterocycles. The van der Waals surface area contributed by atoms with Crippen LogP contribution in [0.15, 0.2) is 65.4 Å². The third-order valence-electron chi connectivity index (χ3n) is 6.00. The summed E-state index contributed by atoms with van der Waals surface area (Å²) in [6.45, 7) is 2.11. The predicted octanol–water partition coefficient (Wildman–Crippen LogP) is 5.38. The van der Waals surface area contributed by atoms with Crippen LogP contribution in [0.2, 0.25) is 0 Å². The Morgan fingerprint density at radius 3 is 2.58 bits per heavy atom. The zero-order chi connectivity index (χ0) is 28.4. The van der Waals surface area contributed by atoms with Crippen molar-refractivity contribution >= 4 is 5.91 Å². The maximum atomic E-state index is 14.3. The summed E-state index contributed by atoms with van der Waals surface area (Å²) in [7, 11) is 1.39. The van der Waals surface area contributed by atoms with Crippen molar-refractivity contribution in [2.24, 2.45) is 0 Å². The van der Waals surface area contributed by atoms with E-state index in [-0.39, 0.29) is 40.8 Å². The van der Waals surface area contributed by atoms with E-state index < -0.39 is 29.5 Å². The van der Waals surface area contributed by atoms with Gasteiger partial charge in [0, 0.05) is 18.7 Å². The Kier molecular flexibility index (Phi) is 7.20. The van der Waals surface area contributed by atoms with Crippen molar-refractivity contribution in [3.05, 3.63) is 78.1 Å². The summed E-state index contributed by atoms with van der Waals surface area (Å²) in [5, 5.41) is 10.6. The largest absolute Gasteiger partial charge is 0.494 e. The minimum Gasteiger partial charge on any atom is -0.494 e. The molecule has 0 radical (unpaired) electrons. The summed E-state index contributed by atoms with van der Waals surface area (Å²) in [6, 6.07) is 9.57. The highest BCUT2D eigenvalue weighted by atomic mass is 19.4. The SMILES string of the molecule is CCCOc1ccc(-c2cc(C(C(=O)NC)n3cc4nc(-c5ccccc5F)nc-4cn3)on2)c(C(F)(F)F)c1. The van der Waals surface area contributed by atoms with Gasteiger partial charge in [-0.15, -0.1) is 0 Å². The molecular formula is C27H22F4N6O3. The quantitative estimate of drug-likeness (QED) is 0.257. The van der Waals surface area contributed by atoms with Crippen LogP contribution in [-0.2, 0) is 11.0 Å². The van der Waals surface area contributed by atoms with Gasteiger partial charge in [-0.3, -0.25) is 9.48 Å². The van der Waals surface area contributed by atoms with Gasteiger partial charge in [0.15, 0.2) is 17.6 Å². The Hall–Kier alpha value is -4.81. The number of aromatic nitrogens is 5. The molecule has 40 heavy (non-hydrogen) atoms. The van der Waals surface area contributed by atoms with E-state index in [1.165, 1.54) is 54.5 Å². The molecule has 3 heterocycles. The molecule has 206 valence electrons. The molecule has 2 aromatic carbocycles. The van der Waals surface area contributed by atoms with Crippen molar-refractivity contribution in [1.29, 1.82) is 0 Å². The molecule has 5 rings (SSSR count). The molecule has 9 nitrogen and oxygen atoms in total. The maximum absolute atomic E-state index is 14.3.